The molecule has 6 N–H and O–H groups in total. The first-order valence-electron chi connectivity index (χ1n) is 4.00. The number of hydrogen-bond acceptors (Lipinski definition) is 8. The van der Waals surface area contributed by atoms with Crippen LogP contribution in [0.3, 0.4) is 0 Å². The summed E-state index contributed by atoms with van der Waals surface area (Å²) in [4.78, 5) is 9.80. The Morgan fingerprint density at radius 2 is 2.31 bits per heavy atom. The molecule has 11 nitrogen and oxygen atoms in total. The zero-order valence-corrected chi connectivity index (χ0v) is 7.78. The Balaban J connectivity index is 2.42. The summed E-state index contributed by atoms with van der Waals surface area (Å²) in [5, 5.41) is 23.6. The zero-order chi connectivity index (χ0) is 11.7. The van der Waals surface area contributed by atoms with Crippen LogP contribution in [0, 0.1) is 10.1 Å². The van der Waals surface area contributed by atoms with E-state index in [1.54, 1.807) is 0 Å². The van der Waals surface area contributed by atoms with E-state index in [-0.39, 0.29) is 23.3 Å². The van der Waals surface area contributed by atoms with Gasteiger partial charge < -0.3 is 16.0 Å². The molecule has 0 aliphatic carbocycles. The topological polar surface area (TPSA) is 167 Å². The van der Waals surface area contributed by atoms with Gasteiger partial charge in [-0.05, 0) is 4.92 Å². The monoisotopic (exact) mass is 225 g/mol. The van der Waals surface area contributed by atoms with Crippen LogP contribution < -0.4 is 17.1 Å². The van der Waals surface area contributed by atoms with E-state index in [0.717, 1.165) is 4.68 Å². The smallest absolute Gasteiger partial charge is 0.343 e. The van der Waals surface area contributed by atoms with Crippen molar-refractivity contribution in [2.45, 2.75) is 0 Å². The van der Waals surface area contributed by atoms with Crippen molar-refractivity contribution >= 4 is 11.8 Å². The third-order valence-electron chi connectivity index (χ3n) is 1.82. The van der Waals surface area contributed by atoms with Gasteiger partial charge in [-0.25, -0.2) is 10.5 Å². The number of nitrogens with two attached hydrogens (primary N) is 2. The van der Waals surface area contributed by atoms with Crippen molar-refractivity contribution in [2.75, 3.05) is 11.3 Å². The van der Waals surface area contributed by atoms with Crippen LogP contribution in [0.15, 0.2) is 6.07 Å². The Labute approximate surface area is 87.5 Å². The maximum absolute atomic E-state index is 10.4. The third kappa shape index (κ3) is 1.40. The number of aromatic nitrogens is 5. The summed E-state index contributed by atoms with van der Waals surface area (Å²) in [7, 11) is 0. The number of nitrogen functional groups attached to an aromatic ring is 2. The minimum absolute atomic E-state index is 0.112. The summed E-state index contributed by atoms with van der Waals surface area (Å²) in [6.07, 6.45) is 0. The maximum atomic E-state index is 10.4. The number of anilines is 1. The standard InChI is InChI=1S/C5H7N9O2/c6-8-5-12-11-4(13(5)7)2-1-3(10-9-2)14(15)16/h1H,6-7H2,(H,8,12)(H,9,10). The average molecular weight is 225 g/mol. The quantitative estimate of drug-likeness (QED) is 0.280. The number of nitro groups is 1. The normalized spacial score (nSPS) is 10.3. The second-order valence-electron chi connectivity index (χ2n) is 2.76. The first kappa shape index (κ1) is 9.85. The third-order valence-corrected chi connectivity index (χ3v) is 1.82. The second-order valence-corrected chi connectivity index (χ2v) is 2.76. The molecule has 0 spiro atoms. The highest BCUT2D eigenvalue weighted by atomic mass is 16.6. The van der Waals surface area contributed by atoms with Crippen LogP contribution >= 0.6 is 0 Å². The van der Waals surface area contributed by atoms with E-state index in [4.69, 9.17) is 11.7 Å². The van der Waals surface area contributed by atoms with Crippen LogP contribution in [0.1, 0.15) is 0 Å². The largest absolute Gasteiger partial charge is 0.358 e. The van der Waals surface area contributed by atoms with E-state index in [1.807, 2.05) is 0 Å². The van der Waals surface area contributed by atoms with Gasteiger partial charge >= 0.3 is 5.82 Å². The summed E-state index contributed by atoms with van der Waals surface area (Å²) in [6, 6.07) is 1.19. The van der Waals surface area contributed by atoms with E-state index in [1.165, 1.54) is 6.07 Å². The number of hydrazine groups is 1. The molecule has 11 heteroatoms. The molecule has 0 aliphatic rings. The number of aromatic amines is 1. The van der Waals surface area contributed by atoms with Crippen LogP contribution in [-0.2, 0) is 0 Å². The second kappa shape index (κ2) is 3.47. The lowest BCUT2D eigenvalue weighted by Gasteiger charge is -1.98. The highest BCUT2D eigenvalue weighted by molar-refractivity contribution is 5.54. The van der Waals surface area contributed by atoms with Crippen molar-refractivity contribution in [1.82, 2.24) is 25.1 Å². The van der Waals surface area contributed by atoms with Crippen molar-refractivity contribution in [2.24, 2.45) is 5.84 Å². The highest BCUT2D eigenvalue weighted by Gasteiger charge is 2.17. The molecular formula is C5H7N9O2. The van der Waals surface area contributed by atoms with Gasteiger partial charge in [-0.1, -0.05) is 5.10 Å². The first-order chi connectivity index (χ1) is 7.63. The Bertz CT molecular complexity index is 528. The first-order valence-corrected chi connectivity index (χ1v) is 4.00. The molecule has 84 valence electrons. The molecule has 0 saturated carbocycles. The molecule has 0 bridgehead atoms. The van der Waals surface area contributed by atoms with E-state index < -0.39 is 4.92 Å². The van der Waals surface area contributed by atoms with Crippen molar-refractivity contribution < 1.29 is 4.92 Å². The van der Waals surface area contributed by atoms with Crippen LogP contribution in [0.2, 0.25) is 0 Å². The van der Waals surface area contributed by atoms with Crippen molar-refractivity contribution in [1.29, 1.82) is 0 Å². The van der Waals surface area contributed by atoms with Crippen LogP contribution in [-0.4, -0.2) is 30.0 Å². The predicted octanol–water partition coefficient (Wildman–Crippen LogP) is -1.42. The maximum Gasteiger partial charge on any atom is 0.343 e. The number of nitrogens with one attached hydrogen (secondary N) is 2. The number of nitrogens with zero attached hydrogens (tertiary/aromatic N) is 5. The lowest BCUT2D eigenvalue weighted by Crippen LogP contribution is -2.18. The molecule has 0 aliphatic heterocycles. The van der Waals surface area contributed by atoms with Crippen molar-refractivity contribution in [3.8, 4) is 11.5 Å². The minimum Gasteiger partial charge on any atom is -0.358 e. The number of rotatable bonds is 3. The number of hydrogen-bond donors (Lipinski definition) is 4. The Morgan fingerprint density at radius 3 is 2.81 bits per heavy atom. The molecule has 0 amide bonds. The van der Waals surface area contributed by atoms with E-state index >= 15 is 0 Å². The SMILES string of the molecule is NNc1nnc(-c2cc([N+](=O)[O-])[nH]n2)n1N. The molecule has 2 rings (SSSR count). The Hall–Kier alpha value is -2.69. The van der Waals surface area contributed by atoms with E-state index in [2.05, 4.69) is 25.8 Å². The van der Waals surface area contributed by atoms with Crippen LogP contribution in [0.25, 0.3) is 11.5 Å². The van der Waals surface area contributed by atoms with Crippen molar-refractivity contribution in [3.63, 3.8) is 0 Å². The molecule has 2 heterocycles. The molecule has 2 aromatic heterocycles. The van der Waals surface area contributed by atoms with Crippen LogP contribution in [0.4, 0.5) is 11.8 Å². The molecule has 0 radical (unpaired) electrons. The van der Waals surface area contributed by atoms with Gasteiger partial charge in [-0.2, -0.15) is 0 Å². The fourth-order valence-electron chi connectivity index (χ4n) is 1.08. The molecular weight excluding hydrogens is 218 g/mol. The zero-order valence-electron chi connectivity index (χ0n) is 7.78. The fraction of sp³-hybridized carbons (Fsp3) is 0. The molecule has 0 unspecified atom stereocenters. The molecule has 0 aromatic carbocycles. The summed E-state index contributed by atoms with van der Waals surface area (Å²) in [5.74, 6) is 10.7. The van der Waals surface area contributed by atoms with E-state index in [0.29, 0.717) is 0 Å². The van der Waals surface area contributed by atoms with Gasteiger partial charge in [-0.15, -0.1) is 15.3 Å². The lowest BCUT2D eigenvalue weighted by molar-refractivity contribution is -0.389. The van der Waals surface area contributed by atoms with Gasteiger partial charge in [0, 0.05) is 0 Å². The van der Waals surface area contributed by atoms with Crippen LogP contribution in [0.5, 0.6) is 0 Å². The van der Waals surface area contributed by atoms with Gasteiger partial charge in [-0.3, -0.25) is 5.43 Å². The molecule has 0 saturated heterocycles. The van der Waals surface area contributed by atoms with Gasteiger partial charge in [0.25, 0.3) is 5.95 Å². The number of H-pyrrole nitrogens is 1. The van der Waals surface area contributed by atoms with Crippen molar-refractivity contribution in [3.05, 3.63) is 16.2 Å². The molecule has 16 heavy (non-hydrogen) atoms. The highest BCUT2D eigenvalue weighted by Crippen LogP contribution is 2.19. The summed E-state index contributed by atoms with van der Waals surface area (Å²) in [6.45, 7) is 0. The van der Waals surface area contributed by atoms with E-state index in [9.17, 15) is 10.1 Å². The molecule has 2 aromatic rings. The molecule has 0 fully saturated rings. The summed E-state index contributed by atoms with van der Waals surface area (Å²) in [5.41, 5.74) is 2.40. The average Bonchev–Trinajstić information content (AvgIpc) is 2.83. The Kier molecular flexibility index (Phi) is 2.13. The van der Waals surface area contributed by atoms with Gasteiger partial charge in [0.15, 0.2) is 5.69 Å². The fourth-order valence-corrected chi connectivity index (χ4v) is 1.08. The predicted molar refractivity (Wildman–Crippen MR) is 52.2 cm³/mol. The summed E-state index contributed by atoms with van der Waals surface area (Å²) >= 11 is 0. The van der Waals surface area contributed by atoms with Gasteiger partial charge in [0.1, 0.15) is 0 Å². The minimum atomic E-state index is -0.615. The molecule has 0 atom stereocenters. The van der Waals surface area contributed by atoms with Gasteiger partial charge in [0.2, 0.25) is 5.82 Å². The Morgan fingerprint density at radius 1 is 1.56 bits per heavy atom. The summed E-state index contributed by atoms with van der Waals surface area (Å²) < 4.78 is 1.03. The van der Waals surface area contributed by atoms with Gasteiger partial charge in [0.05, 0.1) is 6.07 Å². The lowest BCUT2D eigenvalue weighted by atomic mass is 10.4.